The molecule has 1 amide bonds. The normalized spacial score (nSPS) is 10.9. The second-order valence-electron chi connectivity index (χ2n) is 6.62. The number of ether oxygens (including phenoxy) is 2. The maximum absolute atomic E-state index is 12.7. The van der Waals surface area contributed by atoms with Crippen molar-refractivity contribution in [2.24, 2.45) is 0 Å². The number of anilines is 1. The maximum atomic E-state index is 12.7. The molecule has 3 aromatic rings. The summed E-state index contributed by atoms with van der Waals surface area (Å²) in [5.74, 6) is -0.980. The molecule has 8 nitrogen and oxygen atoms in total. The van der Waals surface area contributed by atoms with E-state index in [0.717, 1.165) is 11.8 Å². The van der Waals surface area contributed by atoms with Gasteiger partial charge >= 0.3 is 5.97 Å². The molecular formula is C22H20N2O6S. The number of pyridine rings is 1. The number of methoxy groups -OCH3 is 1. The Morgan fingerprint density at radius 1 is 1.00 bits per heavy atom. The van der Waals surface area contributed by atoms with Crippen molar-refractivity contribution in [1.29, 1.82) is 0 Å². The second-order valence-corrected chi connectivity index (χ2v) is 8.64. The van der Waals surface area contributed by atoms with Gasteiger partial charge in [0.05, 0.1) is 17.6 Å². The largest absolute Gasteiger partial charge is 0.473 e. The molecule has 0 bridgehead atoms. The summed E-state index contributed by atoms with van der Waals surface area (Å²) in [6.07, 6.45) is 2.44. The van der Waals surface area contributed by atoms with Gasteiger partial charge in [0.2, 0.25) is 5.88 Å². The summed E-state index contributed by atoms with van der Waals surface area (Å²) in [5.41, 5.74) is 1.34. The van der Waals surface area contributed by atoms with Gasteiger partial charge in [-0.15, -0.1) is 0 Å². The van der Waals surface area contributed by atoms with Gasteiger partial charge in [-0.2, -0.15) is 0 Å². The van der Waals surface area contributed by atoms with Crippen LogP contribution in [0.1, 0.15) is 26.3 Å². The Morgan fingerprint density at radius 2 is 1.74 bits per heavy atom. The van der Waals surface area contributed by atoms with E-state index in [2.05, 4.69) is 15.0 Å². The molecule has 0 aliphatic carbocycles. The summed E-state index contributed by atoms with van der Waals surface area (Å²) in [4.78, 5) is 28.5. The number of nitrogens with one attached hydrogen (secondary N) is 1. The zero-order valence-electron chi connectivity index (χ0n) is 16.9. The number of benzene rings is 2. The average molecular weight is 440 g/mol. The van der Waals surface area contributed by atoms with Crippen LogP contribution >= 0.6 is 0 Å². The number of rotatable bonds is 7. The van der Waals surface area contributed by atoms with Gasteiger partial charge in [-0.05, 0) is 29.8 Å². The fourth-order valence-corrected chi connectivity index (χ4v) is 3.37. The second kappa shape index (κ2) is 9.40. The zero-order chi connectivity index (χ0) is 22.4. The lowest BCUT2D eigenvalue weighted by atomic mass is 10.2. The molecule has 1 aromatic heterocycles. The molecular weight excluding hydrogens is 420 g/mol. The Kier molecular flexibility index (Phi) is 6.66. The zero-order valence-corrected chi connectivity index (χ0v) is 17.7. The highest BCUT2D eigenvalue weighted by Crippen LogP contribution is 2.21. The molecule has 160 valence electrons. The van der Waals surface area contributed by atoms with Gasteiger partial charge in [0.25, 0.3) is 5.91 Å². The Morgan fingerprint density at radius 3 is 2.42 bits per heavy atom. The lowest BCUT2D eigenvalue weighted by Crippen LogP contribution is -2.14. The molecule has 0 atom stereocenters. The van der Waals surface area contributed by atoms with Crippen molar-refractivity contribution in [3.8, 4) is 5.88 Å². The number of nitrogens with zero attached hydrogens (tertiary/aromatic N) is 1. The summed E-state index contributed by atoms with van der Waals surface area (Å²) in [6, 6.07) is 16.3. The van der Waals surface area contributed by atoms with Crippen LogP contribution in [0.5, 0.6) is 5.88 Å². The van der Waals surface area contributed by atoms with Crippen molar-refractivity contribution < 1.29 is 27.5 Å². The van der Waals surface area contributed by atoms with Crippen molar-refractivity contribution in [2.45, 2.75) is 11.5 Å². The lowest BCUT2D eigenvalue weighted by Gasteiger charge is -2.10. The lowest BCUT2D eigenvalue weighted by molar-refractivity contribution is 0.0600. The SMILES string of the molecule is COC(=O)c1cc(NC(=O)c2ccnc(OCc3ccccc3)c2)cc(S(C)(=O)=O)c1. The van der Waals surface area contributed by atoms with Gasteiger partial charge in [-0.3, -0.25) is 4.79 Å². The van der Waals surface area contributed by atoms with Crippen molar-refractivity contribution >= 4 is 27.4 Å². The van der Waals surface area contributed by atoms with E-state index in [1.165, 1.54) is 43.6 Å². The van der Waals surface area contributed by atoms with Gasteiger partial charge in [0.1, 0.15) is 6.61 Å². The van der Waals surface area contributed by atoms with Crippen LogP contribution in [-0.4, -0.2) is 38.6 Å². The highest BCUT2D eigenvalue weighted by molar-refractivity contribution is 7.90. The van der Waals surface area contributed by atoms with Gasteiger partial charge in [0, 0.05) is 29.8 Å². The number of aromatic nitrogens is 1. The molecule has 2 aromatic carbocycles. The molecule has 9 heteroatoms. The molecule has 0 spiro atoms. The van der Waals surface area contributed by atoms with E-state index in [1.54, 1.807) is 0 Å². The van der Waals surface area contributed by atoms with E-state index in [-0.39, 0.29) is 34.2 Å². The van der Waals surface area contributed by atoms with Crippen LogP contribution in [0.3, 0.4) is 0 Å². The van der Waals surface area contributed by atoms with E-state index < -0.39 is 21.7 Å². The van der Waals surface area contributed by atoms with Crippen molar-refractivity contribution in [3.05, 3.63) is 83.6 Å². The molecule has 0 radical (unpaired) electrons. The van der Waals surface area contributed by atoms with Crippen molar-refractivity contribution in [3.63, 3.8) is 0 Å². The highest BCUT2D eigenvalue weighted by atomic mass is 32.2. The number of esters is 1. The first-order valence-corrected chi connectivity index (χ1v) is 11.0. The molecule has 0 aliphatic rings. The first-order chi connectivity index (χ1) is 14.8. The van der Waals surface area contributed by atoms with Crippen LogP contribution in [0.25, 0.3) is 0 Å². The van der Waals surface area contributed by atoms with Crippen LogP contribution in [0.15, 0.2) is 71.8 Å². The standard InChI is InChI=1S/C22H20N2O6S/c1-29-22(26)17-10-18(13-19(11-17)31(2,27)28)24-21(25)16-8-9-23-20(12-16)30-14-15-6-4-3-5-7-15/h3-13H,14H2,1-2H3,(H,24,25). The molecule has 31 heavy (non-hydrogen) atoms. The van der Waals surface area contributed by atoms with Crippen LogP contribution in [0, 0.1) is 0 Å². The van der Waals surface area contributed by atoms with Gasteiger partial charge in [-0.25, -0.2) is 18.2 Å². The van der Waals surface area contributed by atoms with Crippen LogP contribution in [0.4, 0.5) is 5.69 Å². The smallest absolute Gasteiger partial charge is 0.337 e. The fraction of sp³-hybridized carbons (Fsp3) is 0.136. The van der Waals surface area contributed by atoms with E-state index in [1.807, 2.05) is 30.3 Å². The topological polar surface area (TPSA) is 112 Å². The summed E-state index contributed by atoms with van der Waals surface area (Å²) in [5, 5.41) is 2.60. The third kappa shape index (κ3) is 5.89. The molecule has 0 unspecified atom stereocenters. The molecule has 0 saturated carbocycles. The molecule has 0 fully saturated rings. The summed E-state index contributed by atoms with van der Waals surface area (Å²) < 4.78 is 34.2. The van der Waals surface area contributed by atoms with Crippen molar-refractivity contribution in [1.82, 2.24) is 4.98 Å². The summed E-state index contributed by atoms with van der Waals surface area (Å²) in [7, 11) is -2.44. The third-order valence-electron chi connectivity index (χ3n) is 4.24. The number of carbonyl (C=O) groups excluding carboxylic acids is 2. The Hall–Kier alpha value is -3.72. The minimum absolute atomic E-state index is 0.00216. The minimum Gasteiger partial charge on any atom is -0.473 e. The molecule has 0 saturated heterocycles. The number of hydrogen-bond donors (Lipinski definition) is 1. The molecule has 3 rings (SSSR count). The first kappa shape index (κ1) is 22.0. The van der Waals surface area contributed by atoms with E-state index >= 15 is 0 Å². The Balaban J connectivity index is 1.80. The molecule has 1 N–H and O–H groups in total. The van der Waals surface area contributed by atoms with Crippen LogP contribution in [-0.2, 0) is 21.2 Å². The number of carbonyl (C=O) groups is 2. The van der Waals surface area contributed by atoms with E-state index in [9.17, 15) is 18.0 Å². The predicted octanol–water partition coefficient (Wildman–Crippen LogP) is 3.10. The average Bonchev–Trinajstić information content (AvgIpc) is 2.77. The maximum Gasteiger partial charge on any atom is 0.337 e. The van der Waals surface area contributed by atoms with Crippen LogP contribution < -0.4 is 10.1 Å². The highest BCUT2D eigenvalue weighted by Gasteiger charge is 2.16. The third-order valence-corrected chi connectivity index (χ3v) is 5.33. The van der Waals surface area contributed by atoms with Gasteiger partial charge in [-0.1, -0.05) is 30.3 Å². The quantitative estimate of drug-likeness (QED) is 0.562. The number of sulfone groups is 1. The molecule has 0 aliphatic heterocycles. The van der Waals surface area contributed by atoms with Gasteiger partial charge in [0.15, 0.2) is 9.84 Å². The molecule has 1 heterocycles. The van der Waals surface area contributed by atoms with Gasteiger partial charge < -0.3 is 14.8 Å². The van der Waals surface area contributed by atoms with Crippen molar-refractivity contribution in [2.75, 3.05) is 18.7 Å². The fourth-order valence-electron chi connectivity index (χ4n) is 2.69. The number of hydrogen-bond acceptors (Lipinski definition) is 7. The van der Waals surface area contributed by atoms with E-state index in [0.29, 0.717) is 0 Å². The first-order valence-electron chi connectivity index (χ1n) is 9.14. The summed E-state index contributed by atoms with van der Waals surface area (Å²) in [6.45, 7) is 0.289. The summed E-state index contributed by atoms with van der Waals surface area (Å²) >= 11 is 0. The Bertz CT molecular complexity index is 1210. The van der Waals surface area contributed by atoms with Crippen LogP contribution in [0.2, 0.25) is 0 Å². The number of amides is 1. The monoisotopic (exact) mass is 440 g/mol. The van der Waals surface area contributed by atoms with E-state index in [4.69, 9.17) is 4.74 Å². The minimum atomic E-state index is -3.62. The predicted molar refractivity (Wildman–Crippen MR) is 114 cm³/mol. The Labute approximate surface area is 179 Å².